The SMILES string of the molecule is CCC(C)(O)C#Cc1ccc2nc(Cc3ccccc3)n(-c3ccc(C(O)(C(F)(F)F)C(F)(F)F)cc3)c(=O)c2c1. The fourth-order valence-electron chi connectivity index (χ4n) is 4.11. The summed E-state index contributed by atoms with van der Waals surface area (Å²) in [5.74, 6) is 5.69. The largest absolute Gasteiger partial charge is 0.430 e. The summed E-state index contributed by atoms with van der Waals surface area (Å²) >= 11 is 0. The van der Waals surface area contributed by atoms with E-state index < -0.39 is 34.7 Å². The predicted octanol–water partition coefficient (Wildman–Crippen LogP) is 5.80. The maximum atomic E-state index is 13.8. The maximum absolute atomic E-state index is 13.8. The van der Waals surface area contributed by atoms with Gasteiger partial charge in [-0.25, -0.2) is 4.98 Å². The molecule has 0 aliphatic carbocycles. The summed E-state index contributed by atoms with van der Waals surface area (Å²) in [5.41, 5.74) is -7.08. The smallest absolute Gasteiger partial charge is 0.378 e. The van der Waals surface area contributed by atoms with Crippen molar-refractivity contribution in [1.29, 1.82) is 0 Å². The summed E-state index contributed by atoms with van der Waals surface area (Å²) in [6, 6.07) is 16.2. The number of benzene rings is 3. The van der Waals surface area contributed by atoms with Crippen LogP contribution in [0.15, 0.2) is 77.6 Å². The molecule has 0 amide bonds. The Morgan fingerprint density at radius 1 is 0.878 bits per heavy atom. The molecule has 11 heteroatoms. The number of hydrogen-bond donors (Lipinski definition) is 2. The monoisotopic (exact) mass is 574 g/mol. The van der Waals surface area contributed by atoms with Crippen molar-refractivity contribution < 1.29 is 36.6 Å². The topological polar surface area (TPSA) is 75.3 Å². The van der Waals surface area contributed by atoms with Crippen LogP contribution in [0.1, 0.15) is 42.8 Å². The van der Waals surface area contributed by atoms with Crippen LogP contribution in [0.25, 0.3) is 16.6 Å². The average Bonchev–Trinajstić information content (AvgIpc) is 2.91. The molecule has 1 unspecified atom stereocenters. The highest BCUT2D eigenvalue weighted by Crippen LogP contribution is 2.50. The molecule has 0 aliphatic rings. The summed E-state index contributed by atoms with van der Waals surface area (Å²) in [7, 11) is 0. The van der Waals surface area contributed by atoms with E-state index in [1.165, 1.54) is 13.0 Å². The zero-order valence-corrected chi connectivity index (χ0v) is 21.8. The van der Waals surface area contributed by atoms with Gasteiger partial charge in [0.15, 0.2) is 0 Å². The lowest BCUT2D eigenvalue weighted by atomic mass is 9.92. The Labute approximate surface area is 230 Å². The number of nitrogens with zero attached hydrogens (tertiary/aromatic N) is 2. The molecule has 3 aromatic carbocycles. The molecule has 5 nitrogen and oxygen atoms in total. The van der Waals surface area contributed by atoms with Crippen molar-refractivity contribution in [3.05, 3.63) is 106 Å². The van der Waals surface area contributed by atoms with E-state index in [1.807, 2.05) is 0 Å². The minimum absolute atomic E-state index is 0.0591. The quantitative estimate of drug-likeness (QED) is 0.233. The van der Waals surface area contributed by atoms with Gasteiger partial charge in [0.2, 0.25) is 0 Å². The van der Waals surface area contributed by atoms with E-state index in [2.05, 4.69) is 16.8 Å². The number of aliphatic hydroxyl groups is 2. The first-order valence-electron chi connectivity index (χ1n) is 12.4. The molecule has 0 bridgehead atoms. The molecule has 4 aromatic rings. The van der Waals surface area contributed by atoms with Gasteiger partial charge in [0.05, 0.1) is 16.6 Å². The van der Waals surface area contributed by atoms with Crippen LogP contribution in [0.3, 0.4) is 0 Å². The van der Waals surface area contributed by atoms with Gasteiger partial charge in [-0.3, -0.25) is 9.36 Å². The molecule has 1 aromatic heterocycles. The van der Waals surface area contributed by atoms with Gasteiger partial charge < -0.3 is 10.2 Å². The number of rotatable bonds is 5. The molecule has 41 heavy (non-hydrogen) atoms. The summed E-state index contributed by atoms with van der Waals surface area (Å²) in [6.07, 6.45) is -11.6. The standard InChI is InChI=1S/C30H24F6N2O3/c1-3-27(2,40)16-15-20-9-14-24-23(17-20)26(39)38(25(37-24)18-19-7-5-4-6-8-19)22-12-10-21(11-13-22)28(41,29(31,32)33)30(34,35)36/h4-14,17,40-41H,3,18H2,1-2H3. The highest BCUT2D eigenvalue weighted by Gasteiger charge is 2.71. The summed E-state index contributed by atoms with van der Waals surface area (Å²) in [4.78, 5) is 18.3. The molecular formula is C30H24F6N2O3. The zero-order valence-electron chi connectivity index (χ0n) is 21.8. The lowest BCUT2D eigenvalue weighted by molar-refractivity contribution is -0.376. The Morgan fingerprint density at radius 3 is 2.05 bits per heavy atom. The van der Waals surface area contributed by atoms with Crippen molar-refractivity contribution in [3.63, 3.8) is 0 Å². The molecule has 1 heterocycles. The van der Waals surface area contributed by atoms with Crippen molar-refractivity contribution in [1.82, 2.24) is 9.55 Å². The van der Waals surface area contributed by atoms with Gasteiger partial charge in [0, 0.05) is 17.5 Å². The Hall–Kier alpha value is -4.14. The van der Waals surface area contributed by atoms with Crippen molar-refractivity contribution in [3.8, 4) is 17.5 Å². The first kappa shape index (κ1) is 29.8. The number of halogens is 6. The molecule has 214 valence electrons. The first-order chi connectivity index (χ1) is 19.1. The van der Waals surface area contributed by atoms with E-state index in [0.717, 1.165) is 22.3 Å². The van der Waals surface area contributed by atoms with Gasteiger partial charge in [-0.1, -0.05) is 61.2 Å². The van der Waals surface area contributed by atoms with E-state index in [9.17, 15) is 41.4 Å². The molecule has 0 saturated carbocycles. The van der Waals surface area contributed by atoms with Crippen LogP contribution < -0.4 is 5.56 Å². The molecule has 2 N–H and O–H groups in total. The van der Waals surface area contributed by atoms with E-state index in [-0.39, 0.29) is 23.3 Å². The van der Waals surface area contributed by atoms with E-state index in [0.29, 0.717) is 29.6 Å². The van der Waals surface area contributed by atoms with Crippen molar-refractivity contribution in [2.75, 3.05) is 0 Å². The van der Waals surface area contributed by atoms with Gasteiger partial charge in [-0.15, -0.1) is 0 Å². The minimum atomic E-state index is -6.05. The molecule has 1 atom stereocenters. The van der Waals surface area contributed by atoms with Crippen LogP contribution >= 0.6 is 0 Å². The minimum Gasteiger partial charge on any atom is -0.378 e. The van der Waals surface area contributed by atoms with Crippen LogP contribution in [0.2, 0.25) is 0 Å². The van der Waals surface area contributed by atoms with Crippen LogP contribution in [-0.2, 0) is 12.0 Å². The van der Waals surface area contributed by atoms with Crippen molar-refractivity contribution in [2.45, 2.75) is 50.2 Å². The molecule has 0 saturated heterocycles. The second-order valence-corrected chi connectivity index (χ2v) is 9.69. The third-order valence-corrected chi connectivity index (χ3v) is 6.67. The third kappa shape index (κ3) is 5.85. The van der Waals surface area contributed by atoms with Gasteiger partial charge in [-0.05, 0) is 49.2 Å². The first-order valence-corrected chi connectivity index (χ1v) is 12.4. The molecule has 4 rings (SSSR count). The van der Waals surface area contributed by atoms with Crippen molar-refractivity contribution >= 4 is 10.9 Å². The number of aromatic nitrogens is 2. The number of fused-ring (bicyclic) bond motifs is 1. The highest BCUT2D eigenvalue weighted by atomic mass is 19.4. The molecule has 0 fully saturated rings. The molecular weight excluding hydrogens is 550 g/mol. The molecule has 0 aliphatic heterocycles. The van der Waals surface area contributed by atoms with Crippen LogP contribution in [-0.4, -0.2) is 37.7 Å². The summed E-state index contributed by atoms with van der Waals surface area (Å²) < 4.78 is 81.4. The fourth-order valence-corrected chi connectivity index (χ4v) is 4.11. The lowest BCUT2D eigenvalue weighted by Crippen LogP contribution is -2.53. The second-order valence-electron chi connectivity index (χ2n) is 9.69. The van der Waals surface area contributed by atoms with Crippen molar-refractivity contribution in [2.24, 2.45) is 0 Å². The molecule has 0 radical (unpaired) electrons. The normalized spacial score (nSPS) is 13.9. The van der Waals surface area contributed by atoms with Gasteiger partial charge in [-0.2, -0.15) is 26.3 Å². The maximum Gasteiger partial charge on any atom is 0.430 e. The van der Waals surface area contributed by atoms with Crippen LogP contribution in [0, 0.1) is 11.8 Å². The molecule has 0 spiro atoms. The van der Waals surface area contributed by atoms with Gasteiger partial charge in [0.25, 0.3) is 11.2 Å². The van der Waals surface area contributed by atoms with E-state index >= 15 is 0 Å². The third-order valence-electron chi connectivity index (χ3n) is 6.67. The van der Waals surface area contributed by atoms with E-state index in [4.69, 9.17) is 0 Å². The van der Waals surface area contributed by atoms with Crippen LogP contribution in [0.4, 0.5) is 26.3 Å². The predicted molar refractivity (Wildman–Crippen MR) is 140 cm³/mol. The number of hydrogen-bond acceptors (Lipinski definition) is 4. The van der Waals surface area contributed by atoms with Gasteiger partial charge in [0.1, 0.15) is 11.4 Å². The van der Waals surface area contributed by atoms with Gasteiger partial charge >= 0.3 is 12.4 Å². The Kier molecular flexibility index (Phi) is 7.78. The van der Waals surface area contributed by atoms with Crippen LogP contribution in [0.5, 0.6) is 0 Å². The Balaban J connectivity index is 1.91. The fraction of sp³-hybridized carbons (Fsp3) is 0.267. The Bertz CT molecular complexity index is 1670. The lowest BCUT2D eigenvalue weighted by Gasteiger charge is -2.32. The second kappa shape index (κ2) is 10.7. The highest BCUT2D eigenvalue weighted by molar-refractivity contribution is 5.80. The summed E-state index contributed by atoms with van der Waals surface area (Å²) in [6.45, 7) is 3.29. The average molecular weight is 575 g/mol. The zero-order chi connectivity index (χ0) is 30.2. The summed E-state index contributed by atoms with van der Waals surface area (Å²) in [5, 5.41) is 20.0. The number of alkyl halides is 6. The Morgan fingerprint density at radius 2 is 1.49 bits per heavy atom. The van der Waals surface area contributed by atoms with E-state index in [1.54, 1.807) is 49.4 Å².